The summed E-state index contributed by atoms with van der Waals surface area (Å²) in [6.45, 7) is 1.87. The Bertz CT molecular complexity index is 440. The third kappa shape index (κ3) is 7.03. The Morgan fingerprint density at radius 2 is 2.00 bits per heavy atom. The zero-order chi connectivity index (χ0) is 14.1. The summed E-state index contributed by atoms with van der Waals surface area (Å²) in [5, 5.41) is 11.3. The van der Waals surface area contributed by atoms with Crippen LogP contribution in [-0.2, 0) is 9.59 Å². The lowest BCUT2D eigenvalue weighted by atomic mass is 10.1. The second kappa shape index (κ2) is 8.08. The summed E-state index contributed by atoms with van der Waals surface area (Å²) in [5.74, 6) is -0.964. The van der Waals surface area contributed by atoms with Crippen LogP contribution in [0.25, 0.3) is 6.08 Å². The van der Waals surface area contributed by atoms with E-state index in [2.05, 4.69) is 5.32 Å². The summed E-state index contributed by atoms with van der Waals surface area (Å²) in [4.78, 5) is 22.0. The first-order chi connectivity index (χ1) is 9.08. The molecule has 0 bridgehead atoms. The standard InChI is InChI=1S/C15H19NO3/c1-12(6-5-9-15(18)19)16-14(17)11-10-13-7-3-2-4-8-13/h2-4,7-8,10-12H,5-6,9H2,1H3,(H,16,17)(H,18,19)/b11-10+. The van der Waals surface area contributed by atoms with Crippen LogP contribution >= 0.6 is 0 Å². The molecule has 102 valence electrons. The van der Waals surface area contributed by atoms with Crippen molar-refractivity contribution in [1.29, 1.82) is 0 Å². The Balaban J connectivity index is 2.30. The van der Waals surface area contributed by atoms with E-state index in [1.165, 1.54) is 6.08 Å². The first-order valence-corrected chi connectivity index (χ1v) is 6.33. The highest BCUT2D eigenvalue weighted by Crippen LogP contribution is 2.02. The highest BCUT2D eigenvalue weighted by atomic mass is 16.4. The molecule has 0 aromatic heterocycles. The topological polar surface area (TPSA) is 66.4 Å². The lowest BCUT2D eigenvalue weighted by molar-refractivity contribution is -0.137. The van der Waals surface area contributed by atoms with Crippen molar-refractivity contribution in [2.75, 3.05) is 0 Å². The van der Waals surface area contributed by atoms with Crippen LogP contribution in [-0.4, -0.2) is 23.0 Å². The van der Waals surface area contributed by atoms with Crippen LogP contribution in [0.15, 0.2) is 36.4 Å². The van der Waals surface area contributed by atoms with E-state index >= 15 is 0 Å². The van der Waals surface area contributed by atoms with Gasteiger partial charge in [0.25, 0.3) is 0 Å². The molecule has 1 unspecified atom stereocenters. The van der Waals surface area contributed by atoms with Gasteiger partial charge in [-0.3, -0.25) is 9.59 Å². The number of nitrogens with one attached hydrogen (secondary N) is 1. The lowest BCUT2D eigenvalue weighted by Crippen LogP contribution is -2.31. The Hall–Kier alpha value is -2.10. The van der Waals surface area contributed by atoms with Gasteiger partial charge < -0.3 is 10.4 Å². The summed E-state index contributed by atoms with van der Waals surface area (Å²) >= 11 is 0. The van der Waals surface area contributed by atoms with E-state index in [0.29, 0.717) is 12.8 Å². The van der Waals surface area contributed by atoms with E-state index in [4.69, 9.17) is 5.11 Å². The molecule has 0 radical (unpaired) electrons. The fraction of sp³-hybridized carbons (Fsp3) is 0.333. The molecule has 0 aliphatic rings. The molecular weight excluding hydrogens is 242 g/mol. The van der Waals surface area contributed by atoms with Crippen LogP contribution < -0.4 is 5.32 Å². The number of carbonyl (C=O) groups excluding carboxylic acids is 1. The van der Waals surface area contributed by atoms with Crippen LogP contribution in [0, 0.1) is 0 Å². The lowest BCUT2D eigenvalue weighted by Gasteiger charge is -2.11. The maximum absolute atomic E-state index is 11.6. The fourth-order valence-electron chi connectivity index (χ4n) is 1.66. The van der Waals surface area contributed by atoms with Crippen LogP contribution in [0.4, 0.5) is 0 Å². The summed E-state index contributed by atoms with van der Waals surface area (Å²) in [5.41, 5.74) is 0.969. The van der Waals surface area contributed by atoms with Crippen molar-refractivity contribution in [3.8, 4) is 0 Å². The predicted octanol–water partition coefficient (Wildman–Crippen LogP) is 2.46. The van der Waals surface area contributed by atoms with Gasteiger partial charge in [0.05, 0.1) is 0 Å². The number of amides is 1. The minimum atomic E-state index is -0.803. The highest BCUT2D eigenvalue weighted by molar-refractivity contribution is 5.91. The molecular formula is C15H19NO3. The number of carboxylic acids is 1. The Kier molecular flexibility index (Phi) is 6.36. The molecule has 0 fully saturated rings. The summed E-state index contributed by atoms with van der Waals surface area (Å²) < 4.78 is 0. The van der Waals surface area contributed by atoms with Gasteiger partial charge in [-0.1, -0.05) is 30.3 Å². The molecule has 1 atom stereocenters. The largest absolute Gasteiger partial charge is 0.481 e. The van der Waals surface area contributed by atoms with E-state index in [0.717, 1.165) is 5.56 Å². The van der Waals surface area contributed by atoms with Gasteiger partial charge in [-0.2, -0.15) is 0 Å². The van der Waals surface area contributed by atoms with Crippen LogP contribution in [0.3, 0.4) is 0 Å². The normalized spacial score (nSPS) is 12.3. The number of rotatable bonds is 7. The quantitative estimate of drug-likeness (QED) is 0.741. The maximum atomic E-state index is 11.6. The van der Waals surface area contributed by atoms with Gasteiger partial charge in [0.1, 0.15) is 0 Å². The molecule has 0 aliphatic heterocycles. The third-order valence-electron chi connectivity index (χ3n) is 2.64. The molecule has 0 aliphatic carbocycles. The average molecular weight is 261 g/mol. The SMILES string of the molecule is CC(CCCC(=O)O)NC(=O)/C=C/c1ccccc1. The molecule has 1 rings (SSSR count). The minimum Gasteiger partial charge on any atom is -0.481 e. The molecule has 4 heteroatoms. The molecule has 0 saturated carbocycles. The predicted molar refractivity (Wildman–Crippen MR) is 74.6 cm³/mol. The van der Waals surface area contributed by atoms with Crippen molar-refractivity contribution >= 4 is 18.0 Å². The van der Waals surface area contributed by atoms with E-state index < -0.39 is 5.97 Å². The number of aliphatic carboxylic acids is 1. The van der Waals surface area contributed by atoms with Crippen LogP contribution in [0.2, 0.25) is 0 Å². The van der Waals surface area contributed by atoms with Crippen molar-refractivity contribution in [2.45, 2.75) is 32.2 Å². The van der Waals surface area contributed by atoms with Crippen LogP contribution in [0.1, 0.15) is 31.7 Å². The van der Waals surface area contributed by atoms with Crippen LogP contribution in [0.5, 0.6) is 0 Å². The summed E-state index contributed by atoms with van der Waals surface area (Å²) in [7, 11) is 0. The van der Waals surface area contributed by atoms with Crippen molar-refractivity contribution < 1.29 is 14.7 Å². The second-order valence-corrected chi connectivity index (χ2v) is 4.44. The molecule has 4 nitrogen and oxygen atoms in total. The first-order valence-electron chi connectivity index (χ1n) is 6.33. The molecule has 1 aromatic rings. The molecule has 0 heterocycles. The minimum absolute atomic E-state index is 0.0210. The van der Waals surface area contributed by atoms with E-state index in [1.807, 2.05) is 37.3 Å². The number of hydrogen-bond donors (Lipinski definition) is 2. The van der Waals surface area contributed by atoms with Gasteiger partial charge >= 0.3 is 5.97 Å². The number of carboxylic acid groups (broad SMARTS) is 1. The Labute approximate surface area is 113 Å². The van der Waals surface area contributed by atoms with E-state index in [9.17, 15) is 9.59 Å². The number of carbonyl (C=O) groups is 2. The van der Waals surface area contributed by atoms with Crippen molar-refractivity contribution in [3.05, 3.63) is 42.0 Å². The summed E-state index contributed by atoms with van der Waals surface area (Å²) in [6, 6.07) is 9.55. The second-order valence-electron chi connectivity index (χ2n) is 4.44. The number of hydrogen-bond acceptors (Lipinski definition) is 2. The Morgan fingerprint density at radius 3 is 2.63 bits per heavy atom. The van der Waals surface area contributed by atoms with Crippen molar-refractivity contribution in [1.82, 2.24) is 5.32 Å². The molecule has 0 spiro atoms. The highest BCUT2D eigenvalue weighted by Gasteiger charge is 2.05. The van der Waals surface area contributed by atoms with Gasteiger partial charge in [-0.25, -0.2) is 0 Å². The monoisotopic (exact) mass is 261 g/mol. The molecule has 19 heavy (non-hydrogen) atoms. The number of benzene rings is 1. The van der Waals surface area contributed by atoms with Gasteiger partial charge in [0, 0.05) is 18.5 Å². The van der Waals surface area contributed by atoms with Crippen molar-refractivity contribution in [3.63, 3.8) is 0 Å². The maximum Gasteiger partial charge on any atom is 0.303 e. The third-order valence-corrected chi connectivity index (χ3v) is 2.64. The summed E-state index contributed by atoms with van der Waals surface area (Å²) in [6.07, 6.45) is 4.61. The molecule has 0 saturated heterocycles. The Morgan fingerprint density at radius 1 is 1.32 bits per heavy atom. The molecule has 2 N–H and O–H groups in total. The van der Waals surface area contributed by atoms with Gasteiger partial charge in [0.15, 0.2) is 0 Å². The zero-order valence-corrected chi connectivity index (χ0v) is 11.0. The smallest absolute Gasteiger partial charge is 0.303 e. The fourth-order valence-corrected chi connectivity index (χ4v) is 1.66. The van der Waals surface area contributed by atoms with Gasteiger partial charge in [-0.05, 0) is 31.4 Å². The van der Waals surface area contributed by atoms with Gasteiger partial charge in [0.2, 0.25) is 5.91 Å². The first kappa shape index (κ1) is 15.0. The van der Waals surface area contributed by atoms with Gasteiger partial charge in [-0.15, -0.1) is 0 Å². The molecule has 1 aromatic carbocycles. The van der Waals surface area contributed by atoms with E-state index in [1.54, 1.807) is 6.08 Å². The van der Waals surface area contributed by atoms with E-state index in [-0.39, 0.29) is 18.4 Å². The van der Waals surface area contributed by atoms with Crippen molar-refractivity contribution in [2.24, 2.45) is 0 Å². The average Bonchev–Trinajstić information content (AvgIpc) is 2.37. The zero-order valence-electron chi connectivity index (χ0n) is 11.0. The molecule has 1 amide bonds.